The van der Waals surface area contributed by atoms with Gasteiger partial charge in [-0.3, -0.25) is 0 Å². The van der Waals surface area contributed by atoms with E-state index in [4.69, 9.17) is 15.0 Å². The molecule has 0 fully saturated rings. The molecule has 9 aromatic carbocycles. The van der Waals surface area contributed by atoms with Crippen LogP contribution < -0.4 is 0 Å². The van der Waals surface area contributed by atoms with Crippen molar-refractivity contribution in [2.24, 2.45) is 0 Å². The number of benzene rings is 9. The zero-order valence-corrected chi connectivity index (χ0v) is 31.7. The van der Waals surface area contributed by atoms with Gasteiger partial charge in [-0.1, -0.05) is 190 Å². The highest BCUT2D eigenvalue weighted by molar-refractivity contribution is 6.23. The molecule has 10 aromatic rings. The van der Waals surface area contributed by atoms with Gasteiger partial charge in [0.05, 0.1) is 0 Å². The zero-order chi connectivity index (χ0) is 38.1. The van der Waals surface area contributed by atoms with Gasteiger partial charge in [0.1, 0.15) is 0 Å². The third-order valence-corrected chi connectivity index (χ3v) is 11.9. The maximum Gasteiger partial charge on any atom is 0.165 e. The quantitative estimate of drug-likeness (QED) is 0.166. The van der Waals surface area contributed by atoms with E-state index in [1.54, 1.807) is 0 Å². The summed E-state index contributed by atoms with van der Waals surface area (Å²) < 4.78 is 0. The number of rotatable bonds is 5. The number of hydrogen-bond acceptors (Lipinski definition) is 3. The summed E-state index contributed by atoms with van der Waals surface area (Å²) in [5.41, 5.74) is 12.9. The van der Waals surface area contributed by atoms with Crippen molar-refractivity contribution >= 4 is 32.3 Å². The minimum absolute atomic E-state index is 0.129. The van der Waals surface area contributed by atoms with E-state index in [1.807, 2.05) is 36.4 Å². The lowest BCUT2D eigenvalue weighted by Gasteiger charge is -2.23. The van der Waals surface area contributed by atoms with Crippen molar-refractivity contribution in [3.63, 3.8) is 0 Å². The molecule has 1 heterocycles. The molecule has 11 rings (SSSR count). The van der Waals surface area contributed by atoms with E-state index < -0.39 is 0 Å². The number of hydrogen-bond donors (Lipinski definition) is 0. The second kappa shape index (κ2) is 12.9. The van der Waals surface area contributed by atoms with Crippen molar-refractivity contribution in [1.29, 1.82) is 0 Å². The smallest absolute Gasteiger partial charge is 0.165 e. The Labute approximate surface area is 332 Å². The van der Waals surface area contributed by atoms with Crippen molar-refractivity contribution in [2.75, 3.05) is 0 Å². The Morgan fingerprint density at radius 1 is 0.316 bits per heavy atom. The van der Waals surface area contributed by atoms with Gasteiger partial charge in [-0.2, -0.15) is 0 Å². The zero-order valence-electron chi connectivity index (χ0n) is 31.7. The van der Waals surface area contributed by atoms with E-state index in [0.717, 1.165) is 43.8 Å². The molecule has 57 heavy (non-hydrogen) atoms. The van der Waals surface area contributed by atoms with Gasteiger partial charge in [-0.25, -0.2) is 15.0 Å². The number of fused-ring (bicyclic) bond motifs is 6. The summed E-state index contributed by atoms with van der Waals surface area (Å²) in [6.45, 7) is 4.71. The predicted molar refractivity (Wildman–Crippen MR) is 237 cm³/mol. The third kappa shape index (κ3) is 5.31. The molecule has 0 saturated heterocycles. The fraction of sp³-hybridized carbons (Fsp3) is 0.0556. The molecule has 1 aliphatic carbocycles. The van der Waals surface area contributed by atoms with Crippen molar-refractivity contribution in [2.45, 2.75) is 19.3 Å². The minimum Gasteiger partial charge on any atom is -0.208 e. The third-order valence-electron chi connectivity index (χ3n) is 11.9. The molecule has 3 nitrogen and oxygen atoms in total. The molecule has 268 valence electrons. The molecular formula is C54H37N3. The second-order valence-electron chi connectivity index (χ2n) is 15.6. The van der Waals surface area contributed by atoms with Crippen LogP contribution >= 0.6 is 0 Å². The maximum absolute atomic E-state index is 5.30. The lowest BCUT2D eigenvalue weighted by molar-refractivity contribution is 0.660. The van der Waals surface area contributed by atoms with Crippen LogP contribution in [0.2, 0.25) is 0 Å². The first-order valence-corrected chi connectivity index (χ1v) is 19.6. The molecule has 0 atom stereocenters. The van der Waals surface area contributed by atoms with Gasteiger partial charge in [-0.15, -0.1) is 0 Å². The highest BCUT2D eigenvalue weighted by Gasteiger charge is 2.37. The second-order valence-corrected chi connectivity index (χ2v) is 15.6. The van der Waals surface area contributed by atoms with Crippen LogP contribution in [0.15, 0.2) is 188 Å². The predicted octanol–water partition coefficient (Wildman–Crippen LogP) is 14.0. The van der Waals surface area contributed by atoms with Gasteiger partial charge in [0.2, 0.25) is 0 Å². The van der Waals surface area contributed by atoms with Crippen LogP contribution in [0, 0.1) is 0 Å². The SMILES string of the molecule is CC1(C)c2ccccc2-c2c(-c3c4ccccc4c(-c4nc(-c5ccccc5)nc(-c5ccccc5)n4)c4ccc(-c5ccc6ccccc6c5)cc34)cccc21. The molecule has 0 saturated carbocycles. The molecular weight excluding hydrogens is 691 g/mol. The van der Waals surface area contributed by atoms with Crippen LogP contribution in [0.1, 0.15) is 25.0 Å². The number of nitrogens with zero attached hydrogens (tertiary/aromatic N) is 3. The molecule has 1 aliphatic rings. The summed E-state index contributed by atoms with van der Waals surface area (Å²) in [4.78, 5) is 15.7. The summed E-state index contributed by atoms with van der Waals surface area (Å²) in [6.07, 6.45) is 0. The molecule has 0 spiro atoms. The van der Waals surface area contributed by atoms with Crippen LogP contribution in [-0.2, 0) is 5.41 Å². The van der Waals surface area contributed by atoms with Gasteiger partial charge in [-0.05, 0) is 89.0 Å². The summed E-state index contributed by atoms with van der Waals surface area (Å²) in [5.74, 6) is 1.94. The average molecular weight is 728 g/mol. The van der Waals surface area contributed by atoms with Gasteiger partial charge < -0.3 is 0 Å². The van der Waals surface area contributed by atoms with Gasteiger partial charge >= 0.3 is 0 Å². The molecule has 0 bridgehead atoms. The standard InChI is InChI=1S/C54H37N3/c1-54(2)46-26-14-13-24-43(46)49-44(25-15-27-47(49)54)48-40-22-11-12-23-41(40)50(42-31-30-39(33-45(42)48)38-29-28-34-16-9-10-21-37(34)32-38)53-56-51(35-17-5-3-6-18-35)55-52(57-53)36-19-7-4-8-20-36/h3-33H,1-2H3. The first kappa shape index (κ1) is 33.1. The number of aromatic nitrogens is 3. The van der Waals surface area contributed by atoms with Gasteiger partial charge in [0.15, 0.2) is 17.5 Å². The van der Waals surface area contributed by atoms with E-state index in [2.05, 4.69) is 166 Å². The molecule has 1 aromatic heterocycles. The van der Waals surface area contributed by atoms with Crippen molar-refractivity contribution in [1.82, 2.24) is 15.0 Å². The van der Waals surface area contributed by atoms with Crippen LogP contribution in [0.5, 0.6) is 0 Å². The fourth-order valence-corrected chi connectivity index (χ4v) is 9.14. The minimum atomic E-state index is -0.129. The molecule has 0 radical (unpaired) electrons. The Kier molecular flexibility index (Phi) is 7.52. The van der Waals surface area contributed by atoms with Gasteiger partial charge in [0.25, 0.3) is 0 Å². The van der Waals surface area contributed by atoms with Crippen LogP contribution in [0.25, 0.3) is 99.9 Å². The summed E-state index contributed by atoms with van der Waals surface area (Å²) in [7, 11) is 0. The van der Waals surface area contributed by atoms with E-state index >= 15 is 0 Å². The first-order chi connectivity index (χ1) is 28.0. The first-order valence-electron chi connectivity index (χ1n) is 19.6. The largest absolute Gasteiger partial charge is 0.208 e. The topological polar surface area (TPSA) is 38.7 Å². The molecule has 0 N–H and O–H groups in total. The Balaban J connectivity index is 1.27. The van der Waals surface area contributed by atoms with Crippen LogP contribution in [0.4, 0.5) is 0 Å². The highest BCUT2D eigenvalue weighted by atomic mass is 15.0. The van der Waals surface area contributed by atoms with E-state index in [9.17, 15) is 0 Å². The molecule has 0 amide bonds. The molecule has 3 heteroatoms. The van der Waals surface area contributed by atoms with Crippen molar-refractivity contribution in [3.8, 4) is 67.5 Å². The van der Waals surface area contributed by atoms with Crippen LogP contribution in [-0.4, -0.2) is 15.0 Å². The van der Waals surface area contributed by atoms with E-state index in [0.29, 0.717) is 17.5 Å². The monoisotopic (exact) mass is 727 g/mol. The lowest BCUT2D eigenvalue weighted by atomic mass is 9.81. The van der Waals surface area contributed by atoms with Crippen LogP contribution in [0.3, 0.4) is 0 Å². The fourth-order valence-electron chi connectivity index (χ4n) is 9.14. The summed E-state index contributed by atoms with van der Waals surface area (Å²) >= 11 is 0. The Morgan fingerprint density at radius 2 is 0.842 bits per heavy atom. The van der Waals surface area contributed by atoms with Crippen molar-refractivity contribution < 1.29 is 0 Å². The van der Waals surface area contributed by atoms with E-state index in [1.165, 1.54) is 49.7 Å². The maximum atomic E-state index is 5.30. The van der Waals surface area contributed by atoms with E-state index in [-0.39, 0.29) is 5.41 Å². The Hall–Kier alpha value is -7.23. The average Bonchev–Trinajstić information content (AvgIpc) is 3.51. The summed E-state index contributed by atoms with van der Waals surface area (Å²) in [6, 6.07) is 67.4. The van der Waals surface area contributed by atoms with Crippen molar-refractivity contribution in [3.05, 3.63) is 199 Å². The normalized spacial score (nSPS) is 12.9. The molecule has 0 aliphatic heterocycles. The Morgan fingerprint density at radius 3 is 1.58 bits per heavy atom. The highest BCUT2D eigenvalue weighted by Crippen LogP contribution is 2.54. The lowest BCUT2D eigenvalue weighted by Crippen LogP contribution is -2.14. The van der Waals surface area contributed by atoms with Gasteiger partial charge in [0, 0.05) is 22.1 Å². The molecule has 0 unspecified atom stereocenters. The summed E-state index contributed by atoms with van der Waals surface area (Å²) in [5, 5.41) is 6.98. The Bertz CT molecular complexity index is 3140.